The Morgan fingerprint density at radius 2 is 0.771 bits per heavy atom. The second kappa shape index (κ2) is 49.9. The van der Waals surface area contributed by atoms with E-state index in [-0.39, 0.29) is 26.1 Å². The summed E-state index contributed by atoms with van der Waals surface area (Å²) in [4.78, 5) is 35.5. The topological polar surface area (TPSA) is 108 Å². The van der Waals surface area contributed by atoms with Gasteiger partial charge < -0.3 is 18.9 Å². The second-order valence-electron chi connectivity index (χ2n) is 18.1. The van der Waals surface area contributed by atoms with Crippen LogP contribution in [0.15, 0.2) is 146 Å². The summed E-state index contributed by atoms with van der Waals surface area (Å²) < 4.78 is 34.4. The third-order valence-electron chi connectivity index (χ3n) is 10.4. The van der Waals surface area contributed by atoms with Gasteiger partial charge in [0.25, 0.3) is 0 Å². The summed E-state index contributed by atoms with van der Waals surface area (Å²) in [5.41, 5.74) is 0. The third kappa shape index (κ3) is 53.2. The minimum atomic E-state index is -4.41. The molecule has 0 rings (SSSR count). The molecule has 0 saturated carbocycles. The number of hydrogen-bond acceptors (Lipinski definition) is 7. The Kier molecular flexibility index (Phi) is 46.9. The van der Waals surface area contributed by atoms with Crippen LogP contribution in [0.5, 0.6) is 0 Å². The van der Waals surface area contributed by atoms with Gasteiger partial charge in [-0.2, -0.15) is 0 Å². The first-order valence-electron chi connectivity index (χ1n) is 26.6. The molecule has 0 aromatic rings. The molecule has 0 fully saturated rings. The quantitative estimate of drug-likeness (QED) is 0.0211. The Morgan fingerprint density at radius 1 is 0.443 bits per heavy atom. The number of allylic oxidation sites excluding steroid dienone is 24. The van der Waals surface area contributed by atoms with Crippen molar-refractivity contribution >= 4 is 19.8 Å². The fraction of sp³-hybridized carbons (Fsp3) is 0.567. The number of phosphoric acid groups is 1. The first-order valence-corrected chi connectivity index (χ1v) is 28.1. The number of nitrogens with zero attached hydrogens (tertiary/aromatic N) is 1. The Hall–Kier alpha value is -4.11. The lowest BCUT2D eigenvalue weighted by molar-refractivity contribution is -0.870. The highest BCUT2D eigenvalue weighted by Gasteiger charge is 2.27. The zero-order chi connectivity index (χ0) is 51.3. The number of hydrogen-bond donors (Lipinski definition) is 1. The maximum absolute atomic E-state index is 12.8. The fourth-order valence-corrected chi connectivity index (χ4v) is 7.05. The van der Waals surface area contributed by atoms with Gasteiger partial charge in [0.1, 0.15) is 19.8 Å². The van der Waals surface area contributed by atoms with Gasteiger partial charge in [0.05, 0.1) is 27.7 Å². The van der Waals surface area contributed by atoms with Crippen LogP contribution < -0.4 is 0 Å². The average Bonchev–Trinajstić information content (AvgIpc) is 3.32. The Morgan fingerprint density at radius 3 is 1.16 bits per heavy atom. The molecule has 0 aliphatic carbocycles. The zero-order valence-electron chi connectivity index (χ0n) is 44.4. The first-order chi connectivity index (χ1) is 34.0. The summed E-state index contributed by atoms with van der Waals surface area (Å²) in [6, 6.07) is 0. The molecule has 394 valence electrons. The fourth-order valence-electron chi connectivity index (χ4n) is 6.31. The molecule has 0 bridgehead atoms. The highest BCUT2D eigenvalue weighted by atomic mass is 31.2. The van der Waals surface area contributed by atoms with E-state index in [1.807, 2.05) is 21.1 Å². The summed E-state index contributed by atoms with van der Waals surface area (Å²) in [6.07, 6.45) is 73.4. The lowest BCUT2D eigenvalue weighted by Gasteiger charge is -2.24. The average molecular weight is 991 g/mol. The molecule has 0 amide bonds. The third-order valence-corrected chi connectivity index (χ3v) is 11.3. The van der Waals surface area contributed by atoms with Crippen molar-refractivity contribution in [2.45, 2.75) is 174 Å². The molecule has 0 heterocycles. The van der Waals surface area contributed by atoms with Crippen LogP contribution in [-0.4, -0.2) is 74.9 Å². The van der Waals surface area contributed by atoms with Gasteiger partial charge in [-0.25, -0.2) is 4.57 Å². The normalized spacial score (nSPS) is 14.5. The molecule has 2 unspecified atom stereocenters. The summed E-state index contributed by atoms with van der Waals surface area (Å²) in [5.74, 6) is -0.872. The van der Waals surface area contributed by atoms with E-state index < -0.39 is 32.5 Å². The van der Waals surface area contributed by atoms with Crippen molar-refractivity contribution in [2.75, 3.05) is 47.5 Å². The van der Waals surface area contributed by atoms with E-state index >= 15 is 0 Å². The van der Waals surface area contributed by atoms with Crippen LogP contribution in [0.2, 0.25) is 0 Å². The molecule has 2 atom stereocenters. The minimum Gasteiger partial charge on any atom is -0.462 e. The number of unbranched alkanes of at least 4 members (excludes halogenated alkanes) is 8. The molecule has 0 aliphatic rings. The maximum atomic E-state index is 12.8. The molecule has 0 aromatic heterocycles. The largest absolute Gasteiger partial charge is 0.472 e. The summed E-state index contributed by atoms with van der Waals surface area (Å²) >= 11 is 0. The molecule has 1 N–H and O–H groups in total. The molecule has 0 radical (unpaired) electrons. The van der Waals surface area contributed by atoms with E-state index in [1.54, 1.807) is 0 Å². The van der Waals surface area contributed by atoms with Crippen LogP contribution in [0.1, 0.15) is 168 Å². The predicted octanol–water partition coefficient (Wildman–Crippen LogP) is 16.4. The zero-order valence-corrected chi connectivity index (χ0v) is 45.3. The Bertz CT molecular complexity index is 1690. The van der Waals surface area contributed by atoms with E-state index in [9.17, 15) is 19.0 Å². The number of ether oxygens (including phenoxy) is 2. The van der Waals surface area contributed by atoms with Gasteiger partial charge in [-0.15, -0.1) is 0 Å². The molecule has 0 spiro atoms. The predicted molar refractivity (Wildman–Crippen MR) is 297 cm³/mol. The number of carbonyl (C=O) groups excluding carboxylic acids is 2. The van der Waals surface area contributed by atoms with Crippen molar-refractivity contribution < 1.29 is 42.1 Å². The second-order valence-corrected chi connectivity index (χ2v) is 19.6. The number of carbonyl (C=O) groups is 2. The summed E-state index contributed by atoms with van der Waals surface area (Å²) in [5, 5.41) is 0. The van der Waals surface area contributed by atoms with Crippen molar-refractivity contribution in [3.05, 3.63) is 146 Å². The van der Waals surface area contributed by atoms with Gasteiger partial charge in [-0.3, -0.25) is 18.6 Å². The van der Waals surface area contributed by atoms with Gasteiger partial charge in [0.15, 0.2) is 6.10 Å². The van der Waals surface area contributed by atoms with E-state index in [0.29, 0.717) is 23.9 Å². The number of quaternary nitrogens is 1. The van der Waals surface area contributed by atoms with E-state index in [0.717, 1.165) is 128 Å². The van der Waals surface area contributed by atoms with Crippen molar-refractivity contribution in [1.82, 2.24) is 0 Å². The highest BCUT2D eigenvalue weighted by Crippen LogP contribution is 2.43. The van der Waals surface area contributed by atoms with Crippen LogP contribution in [0, 0.1) is 0 Å². The van der Waals surface area contributed by atoms with E-state index in [2.05, 4.69) is 160 Å². The summed E-state index contributed by atoms with van der Waals surface area (Å²) in [7, 11) is 1.42. The van der Waals surface area contributed by atoms with Crippen LogP contribution in [-0.2, 0) is 32.7 Å². The number of esters is 2. The molecule has 9 nitrogen and oxygen atoms in total. The standard InChI is InChI=1S/C60H96NO8P/c1-6-8-10-12-14-16-18-20-22-23-24-25-26-27-28-29-30-31-32-33-34-35-36-37-39-41-43-45-47-49-51-53-60(63)69-58(57-68-70(64,65)67-55-54-61(3,4)5)56-66-59(62)52-50-48-46-44-42-40-38-21-19-17-15-13-11-9-7-2/h8-11,14-17,20-22,24-25,27-28,30-31,33-34,36-38,41,43,58H,6-7,12-13,18-19,23,26,29,32,35,39-40,42,44-57H2,1-5H3/p+1/b10-8-,11-9-,16-14-,17-15-,22-20-,25-24-,28-27-,31-30-,34-33-,37-36-,38-21-,43-41-. The maximum Gasteiger partial charge on any atom is 0.472 e. The molecular formula is C60H97NO8P+. The van der Waals surface area contributed by atoms with Crippen molar-refractivity contribution in [1.29, 1.82) is 0 Å². The van der Waals surface area contributed by atoms with E-state index in [4.69, 9.17) is 18.5 Å². The van der Waals surface area contributed by atoms with Gasteiger partial charge >= 0.3 is 19.8 Å². The lowest BCUT2D eigenvalue weighted by Crippen LogP contribution is -2.37. The number of phosphoric ester groups is 1. The highest BCUT2D eigenvalue weighted by molar-refractivity contribution is 7.47. The molecule has 70 heavy (non-hydrogen) atoms. The first kappa shape index (κ1) is 65.9. The molecule has 0 saturated heterocycles. The number of likely N-dealkylation sites (N-methyl/N-ethyl adjacent to an activating group) is 1. The minimum absolute atomic E-state index is 0.0127. The SMILES string of the molecule is CC/C=C\C/C=C\C/C=C\C/C=C\C/C=C\C/C=C\C/C=C\C/C=C\C/C=C\CCCCCC(=O)OC(COC(=O)CCCCCCC/C=C\C/C=C\C/C=C\CC)COP(=O)(O)OCC[N+](C)(C)C. The van der Waals surface area contributed by atoms with Crippen LogP contribution in [0.4, 0.5) is 0 Å². The van der Waals surface area contributed by atoms with E-state index in [1.165, 1.54) is 0 Å². The lowest BCUT2D eigenvalue weighted by atomic mass is 10.1. The molecule has 0 aromatic carbocycles. The van der Waals surface area contributed by atoms with Gasteiger partial charge in [0, 0.05) is 12.8 Å². The van der Waals surface area contributed by atoms with Gasteiger partial charge in [0.2, 0.25) is 0 Å². The summed E-state index contributed by atoms with van der Waals surface area (Å²) in [6.45, 7) is 4.10. The van der Waals surface area contributed by atoms with Gasteiger partial charge in [-0.1, -0.05) is 185 Å². The van der Waals surface area contributed by atoms with Crippen LogP contribution in [0.3, 0.4) is 0 Å². The molecular weight excluding hydrogens is 894 g/mol. The Labute approximate surface area is 427 Å². The molecule has 10 heteroatoms. The van der Waals surface area contributed by atoms with Crippen LogP contribution in [0.25, 0.3) is 0 Å². The van der Waals surface area contributed by atoms with Crippen molar-refractivity contribution in [3.8, 4) is 0 Å². The van der Waals surface area contributed by atoms with Crippen molar-refractivity contribution in [3.63, 3.8) is 0 Å². The smallest absolute Gasteiger partial charge is 0.462 e. The monoisotopic (exact) mass is 991 g/mol. The van der Waals surface area contributed by atoms with Gasteiger partial charge in [-0.05, 0) is 116 Å². The van der Waals surface area contributed by atoms with Crippen LogP contribution >= 0.6 is 7.82 Å². The number of rotatable bonds is 46. The Balaban J connectivity index is 4.34. The van der Waals surface area contributed by atoms with Crippen molar-refractivity contribution in [2.24, 2.45) is 0 Å². The molecule has 0 aliphatic heterocycles.